The van der Waals surface area contributed by atoms with E-state index in [4.69, 9.17) is 46.4 Å². The molecule has 3 aromatic rings. The van der Waals surface area contributed by atoms with Gasteiger partial charge in [-0.2, -0.15) is 8.42 Å². The van der Waals surface area contributed by atoms with Crippen molar-refractivity contribution in [2.24, 2.45) is 0 Å². The molecule has 0 spiro atoms. The van der Waals surface area contributed by atoms with Crippen LogP contribution < -0.4 is 0 Å². The van der Waals surface area contributed by atoms with Crippen LogP contribution in [0, 0.1) is 0 Å². The normalized spacial score (nSPS) is 13.8. The molecule has 5 nitrogen and oxygen atoms in total. The molecular weight excluding hydrogens is 482 g/mol. The van der Waals surface area contributed by atoms with Gasteiger partial charge < -0.3 is 10.2 Å². The van der Waals surface area contributed by atoms with E-state index in [-0.39, 0.29) is 42.5 Å². The van der Waals surface area contributed by atoms with Gasteiger partial charge in [-0.15, -0.1) is 0 Å². The molecule has 1 atom stereocenters. The van der Waals surface area contributed by atoms with E-state index in [0.29, 0.717) is 0 Å². The summed E-state index contributed by atoms with van der Waals surface area (Å²) in [6, 6.07) is 11.5. The van der Waals surface area contributed by atoms with Gasteiger partial charge in [0.05, 0.1) is 0 Å². The Morgan fingerprint density at radius 1 is 0.759 bits per heavy atom. The molecule has 3 rings (SSSR count). The zero-order valence-electron chi connectivity index (χ0n) is 14.3. The molecule has 3 N–H and O–H groups in total. The Bertz CT molecular complexity index is 1190. The lowest BCUT2D eigenvalue weighted by molar-refractivity contribution is 0.431. The average Bonchev–Trinajstić information content (AvgIpc) is 2.58. The van der Waals surface area contributed by atoms with E-state index >= 15 is 0 Å². The van der Waals surface area contributed by atoms with Crippen LogP contribution in [0.5, 0.6) is 11.5 Å². The lowest BCUT2D eigenvalue weighted by Gasteiger charge is -2.34. The lowest BCUT2D eigenvalue weighted by atomic mass is 9.83. The minimum Gasteiger partial charge on any atom is -0.508 e. The number of rotatable bonds is 4. The first-order valence-electron chi connectivity index (χ1n) is 7.89. The standard InChI is InChI=1S/C19H12Cl4O5S/c20-10-7-15(22)18(16(23)8-10)19(29(26,27)28,12-3-1-2-4-14(12)21)13-6-5-11(24)9-17(13)25/h1-9,24-25H,(H,26,27,28). The van der Waals surface area contributed by atoms with Crippen molar-refractivity contribution in [3.05, 3.63) is 91.4 Å². The van der Waals surface area contributed by atoms with E-state index in [2.05, 4.69) is 0 Å². The summed E-state index contributed by atoms with van der Waals surface area (Å²) >= 11 is 25.0. The predicted molar refractivity (Wildman–Crippen MR) is 114 cm³/mol. The van der Waals surface area contributed by atoms with E-state index in [9.17, 15) is 23.2 Å². The molecule has 1 unspecified atom stereocenters. The second kappa shape index (κ2) is 7.87. The highest BCUT2D eigenvalue weighted by Crippen LogP contribution is 2.53. The van der Waals surface area contributed by atoms with Crippen LogP contribution in [-0.4, -0.2) is 23.2 Å². The third kappa shape index (κ3) is 3.65. The smallest absolute Gasteiger partial charge is 0.283 e. The molecule has 0 saturated heterocycles. The summed E-state index contributed by atoms with van der Waals surface area (Å²) in [5.41, 5.74) is -0.699. The van der Waals surface area contributed by atoms with Crippen molar-refractivity contribution in [1.82, 2.24) is 0 Å². The van der Waals surface area contributed by atoms with Crippen LogP contribution in [0.2, 0.25) is 20.1 Å². The number of halogens is 4. The first kappa shape index (κ1) is 22.0. The van der Waals surface area contributed by atoms with Crippen molar-refractivity contribution >= 4 is 56.5 Å². The van der Waals surface area contributed by atoms with Crippen molar-refractivity contribution in [3.8, 4) is 11.5 Å². The maximum absolute atomic E-state index is 13.0. The summed E-state index contributed by atoms with van der Waals surface area (Å²) in [6.07, 6.45) is 0. The van der Waals surface area contributed by atoms with Crippen LogP contribution in [0.15, 0.2) is 54.6 Å². The number of benzene rings is 3. The van der Waals surface area contributed by atoms with Gasteiger partial charge in [-0.3, -0.25) is 4.55 Å². The molecule has 0 saturated carbocycles. The molecular formula is C19H12Cl4O5S. The number of phenols is 2. The van der Waals surface area contributed by atoms with E-state index in [1.54, 1.807) is 6.07 Å². The highest BCUT2D eigenvalue weighted by Gasteiger charge is 2.53. The lowest BCUT2D eigenvalue weighted by Crippen LogP contribution is -2.39. The molecule has 0 aliphatic heterocycles. The van der Waals surface area contributed by atoms with Gasteiger partial charge in [-0.05, 0) is 30.3 Å². The highest BCUT2D eigenvalue weighted by molar-refractivity contribution is 7.87. The van der Waals surface area contributed by atoms with Crippen LogP contribution in [0.4, 0.5) is 0 Å². The maximum Gasteiger partial charge on any atom is 0.283 e. The van der Waals surface area contributed by atoms with Crippen molar-refractivity contribution in [1.29, 1.82) is 0 Å². The molecule has 10 heteroatoms. The Balaban J connectivity index is 2.66. The predicted octanol–water partition coefficient (Wildman–Crippen LogP) is 5.89. The fraction of sp³-hybridized carbons (Fsp3) is 0.0526. The minimum absolute atomic E-state index is 0.0420. The average molecular weight is 494 g/mol. The summed E-state index contributed by atoms with van der Waals surface area (Å²) in [4.78, 5) is 0. The van der Waals surface area contributed by atoms with Gasteiger partial charge in [0.2, 0.25) is 0 Å². The molecule has 0 radical (unpaired) electrons. The third-order valence-corrected chi connectivity index (χ3v) is 6.92. The molecule has 3 aromatic carbocycles. The first-order valence-corrected chi connectivity index (χ1v) is 10.8. The van der Waals surface area contributed by atoms with Crippen LogP contribution in [0.25, 0.3) is 0 Å². The number of hydrogen-bond acceptors (Lipinski definition) is 4. The fourth-order valence-corrected chi connectivity index (χ4v) is 6.19. The van der Waals surface area contributed by atoms with Crippen LogP contribution in [-0.2, 0) is 14.9 Å². The van der Waals surface area contributed by atoms with Crippen molar-refractivity contribution in [2.45, 2.75) is 4.75 Å². The first-order chi connectivity index (χ1) is 13.5. The second-order valence-corrected chi connectivity index (χ2v) is 9.30. The van der Waals surface area contributed by atoms with Gasteiger partial charge in [0, 0.05) is 42.8 Å². The summed E-state index contributed by atoms with van der Waals surface area (Å²) in [5.74, 6) is -0.965. The summed E-state index contributed by atoms with van der Waals surface area (Å²) in [6.45, 7) is 0. The van der Waals surface area contributed by atoms with Gasteiger partial charge in [0.1, 0.15) is 11.5 Å². The summed E-state index contributed by atoms with van der Waals surface area (Å²) in [5, 5.41) is 19.9. The van der Waals surface area contributed by atoms with E-state index < -0.39 is 20.6 Å². The largest absolute Gasteiger partial charge is 0.508 e. The number of aromatic hydroxyl groups is 2. The molecule has 0 bridgehead atoms. The van der Waals surface area contributed by atoms with Crippen molar-refractivity contribution < 1.29 is 23.2 Å². The zero-order valence-corrected chi connectivity index (χ0v) is 18.1. The summed E-state index contributed by atoms with van der Waals surface area (Å²) in [7, 11) is -5.14. The Morgan fingerprint density at radius 2 is 1.34 bits per heavy atom. The quantitative estimate of drug-likeness (QED) is 0.311. The third-order valence-electron chi connectivity index (χ3n) is 4.36. The molecule has 0 aromatic heterocycles. The Morgan fingerprint density at radius 3 is 1.86 bits per heavy atom. The van der Waals surface area contributed by atoms with Crippen LogP contribution >= 0.6 is 46.4 Å². The topological polar surface area (TPSA) is 94.8 Å². The maximum atomic E-state index is 13.0. The minimum atomic E-state index is -5.14. The van der Waals surface area contributed by atoms with Gasteiger partial charge >= 0.3 is 0 Å². The van der Waals surface area contributed by atoms with E-state index in [1.807, 2.05) is 0 Å². The Kier molecular flexibility index (Phi) is 5.98. The molecule has 29 heavy (non-hydrogen) atoms. The van der Waals surface area contributed by atoms with E-state index in [1.165, 1.54) is 30.3 Å². The highest BCUT2D eigenvalue weighted by atomic mass is 35.5. The van der Waals surface area contributed by atoms with Crippen molar-refractivity contribution in [2.75, 3.05) is 0 Å². The molecule has 152 valence electrons. The van der Waals surface area contributed by atoms with E-state index in [0.717, 1.165) is 18.2 Å². The number of phenolic OH excluding ortho intramolecular Hbond substituents is 2. The zero-order chi connectivity index (χ0) is 21.6. The van der Waals surface area contributed by atoms with Gasteiger partial charge in [0.25, 0.3) is 10.1 Å². The SMILES string of the molecule is O=S(=O)(O)C(c1ccc(O)cc1O)(c1ccccc1Cl)c1c(Cl)cc(Cl)cc1Cl. The summed E-state index contributed by atoms with van der Waals surface area (Å²) < 4.78 is 34.0. The number of hydrogen-bond donors (Lipinski definition) is 3. The monoisotopic (exact) mass is 492 g/mol. The van der Waals surface area contributed by atoms with Crippen LogP contribution in [0.3, 0.4) is 0 Å². The Labute approximate surface area is 186 Å². The second-order valence-electron chi connectivity index (χ2n) is 6.08. The van der Waals surface area contributed by atoms with Crippen LogP contribution in [0.1, 0.15) is 16.7 Å². The molecule has 0 aliphatic carbocycles. The Hall–Kier alpha value is -1.67. The van der Waals surface area contributed by atoms with Crippen molar-refractivity contribution in [3.63, 3.8) is 0 Å². The van der Waals surface area contributed by atoms with Gasteiger partial charge in [-0.1, -0.05) is 64.6 Å². The van der Waals surface area contributed by atoms with Gasteiger partial charge in [0.15, 0.2) is 4.75 Å². The molecule has 0 aliphatic rings. The molecule has 0 heterocycles. The fourth-order valence-electron chi connectivity index (χ4n) is 3.26. The molecule has 0 fully saturated rings. The van der Waals surface area contributed by atoms with Gasteiger partial charge in [-0.25, -0.2) is 0 Å². The molecule has 0 amide bonds.